The van der Waals surface area contributed by atoms with Crippen LogP contribution in [0.25, 0.3) is 0 Å². The lowest BCUT2D eigenvalue weighted by Crippen LogP contribution is -2.36. The Labute approximate surface area is 117 Å². The van der Waals surface area contributed by atoms with Crippen molar-refractivity contribution in [3.63, 3.8) is 0 Å². The minimum absolute atomic E-state index is 0.117. The number of hydrogen-bond acceptors (Lipinski definition) is 3. The molecule has 2 N–H and O–H groups in total. The van der Waals surface area contributed by atoms with E-state index >= 15 is 0 Å². The zero-order chi connectivity index (χ0) is 14.3. The van der Waals surface area contributed by atoms with Gasteiger partial charge >= 0.3 is 5.97 Å². The van der Waals surface area contributed by atoms with Crippen molar-refractivity contribution >= 4 is 23.6 Å². The minimum atomic E-state index is -0.898. The van der Waals surface area contributed by atoms with E-state index in [1.54, 1.807) is 6.92 Å². The molecule has 19 heavy (non-hydrogen) atoms. The predicted octanol–water partition coefficient (Wildman–Crippen LogP) is 2.15. The predicted molar refractivity (Wildman–Crippen MR) is 77.0 cm³/mol. The average Bonchev–Trinajstić information content (AvgIpc) is 2.42. The fourth-order valence-corrected chi connectivity index (χ4v) is 2.23. The first kappa shape index (κ1) is 15.6. The molecule has 0 aliphatic heterocycles. The highest BCUT2D eigenvalue weighted by Gasteiger charge is 2.16. The molecular formula is C14H19NO3S. The summed E-state index contributed by atoms with van der Waals surface area (Å²) in [5, 5.41) is 11.2. The van der Waals surface area contributed by atoms with Gasteiger partial charge in [-0.05, 0) is 12.5 Å². The molecular weight excluding hydrogens is 262 g/mol. The summed E-state index contributed by atoms with van der Waals surface area (Å²) in [6.07, 6.45) is 0. The van der Waals surface area contributed by atoms with E-state index in [0.717, 1.165) is 5.75 Å². The molecule has 0 saturated heterocycles. The van der Waals surface area contributed by atoms with Gasteiger partial charge in [-0.25, -0.2) is 0 Å². The van der Waals surface area contributed by atoms with E-state index in [0.29, 0.717) is 0 Å². The van der Waals surface area contributed by atoms with Gasteiger partial charge < -0.3 is 10.4 Å². The van der Waals surface area contributed by atoms with Crippen LogP contribution in [0.5, 0.6) is 0 Å². The molecule has 2 atom stereocenters. The molecule has 104 valence electrons. The third-order valence-corrected chi connectivity index (χ3v) is 3.93. The molecule has 4 nitrogen and oxygen atoms in total. The number of carbonyl (C=O) groups is 2. The van der Waals surface area contributed by atoms with Crippen molar-refractivity contribution in [1.29, 1.82) is 0 Å². The second kappa shape index (κ2) is 7.84. The third-order valence-electron chi connectivity index (χ3n) is 2.72. The molecule has 0 fully saturated rings. The molecule has 5 heteroatoms. The number of carbonyl (C=O) groups excluding carboxylic acids is 1. The third kappa shape index (κ3) is 5.79. The number of hydrogen-bond donors (Lipinski definition) is 2. The molecule has 0 spiro atoms. The molecule has 0 saturated carbocycles. The maximum absolute atomic E-state index is 11.8. The van der Waals surface area contributed by atoms with Crippen LogP contribution in [0.1, 0.15) is 19.4 Å². The van der Waals surface area contributed by atoms with Crippen molar-refractivity contribution in [2.45, 2.75) is 24.9 Å². The van der Waals surface area contributed by atoms with Crippen LogP contribution >= 0.6 is 11.8 Å². The standard InChI is InChI=1S/C14H19NO3S/c1-10(14(17)18)8-15-13(16)11(2)19-9-12-6-4-3-5-7-12/h3-7,10-11H,8-9H2,1-2H3,(H,15,16)(H,17,18). The Balaban J connectivity index is 2.31. The molecule has 1 amide bonds. The van der Waals surface area contributed by atoms with Crippen LogP contribution in [0.15, 0.2) is 30.3 Å². The van der Waals surface area contributed by atoms with E-state index in [-0.39, 0.29) is 17.7 Å². The van der Waals surface area contributed by atoms with Gasteiger partial charge in [0.2, 0.25) is 5.91 Å². The Morgan fingerprint density at radius 2 is 1.89 bits per heavy atom. The van der Waals surface area contributed by atoms with Crippen LogP contribution in [-0.2, 0) is 15.3 Å². The highest BCUT2D eigenvalue weighted by Crippen LogP contribution is 2.17. The monoisotopic (exact) mass is 281 g/mol. The normalized spacial score (nSPS) is 13.6. The molecule has 2 unspecified atom stereocenters. The SMILES string of the molecule is CC(CNC(=O)C(C)SCc1ccccc1)C(=O)O. The number of benzene rings is 1. The lowest BCUT2D eigenvalue weighted by molar-refractivity contribution is -0.141. The lowest BCUT2D eigenvalue weighted by atomic mass is 10.2. The molecule has 0 aliphatic carbocycles. The van der Waals surface area contributed by atoms with E-state index in [9.17, 15) is 9.59 Å². The second-order valence-corrected chi connectivity index (χ2v) is 5.75. The van der Waals surface area contributed by atoms with Crippen molar-refractivity contribution in [3.05, 3.63) is 35.9 Å². The van der Waals surface area contributed by atoms with Crippen LogP contribution in [0.4, 0.5) is 0 Å². The number of amides is 1. The molecule has 1 aromatic rings. The molecule has 1 rings (SSSR count). The second-order valence-electron chi connectivity index (χ2n) is 4.42. The number of thioether (sulfide) groups is 1. The van der Waals surface area contributed by atoms with E-state index in [2.05, 4.69) is 5.32 Å². The summed E-state index contributed by atoms with van der Waals surface area (Å²) >= 11 is 1.54. The highest BCUT2D eigenvalue weighted by molar-refractivity contribution is 7.99. The van der Waals surface area contributed by atoms with Gasteiger partial charge in [0.15, 0.2) is 0 Å². The van der Waals surface area contributed by atoms with Gasteiger partial charge in [0, 0.05) is 12.3 Å². The molecule has 1 aromatic carbocycles. The Kier molecular flexibility index (Phi) is 6.42. The number of nitrogens with one attached hydrogen (secondary N) is 1. The minimum Gasteiger partial charge on any atom is -0.481 e. The van der Waals surface area contributed by atoms with Gasteiger partial charge in [-0.3, -0.25) is 9.59 Å². The van der Waals surface area contributed by atoms with Crippen LogP contribution in [-0.4, -0.2) is 28.8 Å². The van der Waals surface area contributed by atoms with Gasteiger partial charge in [-0.1, -0.05) is 37.3 Å². The molecule has 0 radical (unpaired) electrons. The van der Waals surface area contributed by atoms with Crippen molar-refractivity contribution in [3.8, 4) is 0 Å². The van der Waals surface area contributed by atoms with Gasteiger partial charge in [-0.15, -0.1) is 11.8 Å². The molecule has 0 heterocycles. The van der Waals surface area contributed by atoms with Crippen molar-refractivity contribution in [1.82, 2.24) is 5.32 Å². The Bertz CT molecular complexity index is 422. The highest BCUT2D eigenvalue weighted by atomic mass is 32.2. The van der Waals surface area contributed by atoms with Crippen molar-refractivity contribution in [2.75, 3.05) is 6.54 Å². The van der Waals surface area contributed by atoms with Gasteiger partial charge in [0.05, 0.1) is 11.2 Å². The fourth-order valence-electron chi connectivity index (χ4n) is 1.36. The number of carboxylic acid groups (broad SMARTS) is 1. The summed E-state index contributed by atoms with van der Waals surface area (Å²) < 4.78 is 0. The first-order valence-corrected chi connectivity index (χ1v) is 7.21. The molecule has 0 aromatic heterocycles. The number of carboxylic acids is 1. The first-order valence-electron chi connectivity index (χ1n) is 6.16. The zero-order valence-corrected chi connectivity index (χ0v) is 11.9. The largest absolute Gasteiger partial charge is 0.481 e. The summed E-state index contributed by atoms with van der Waals surface area (Å²) in [7, 11) is 0. The van der Waals surface area contributed by atoms with Crippen molar-refractivity contribution < 1.29 is 14.7 Å². The fraction of sp³-hybridized carbons (Fsp3) is 0.429. The van der Waals surface area contributed by atoms with Gasteiger partial charge in [-0.2, -0.15) is 0 Å². The quantitative estimate of drug-likeness (QED) is 0.803. The zero-order valence-electron chi connectivity index (χ0n) is 11.1. The first-order chi connectivity index (χ1) is 9.00. The molecule has 0 bridgehead atoms. The summed E-state index contributed by atoms with van der Waals surface area (Å²) in [6.45, 7) is 3.57. The summed E-state index contributed by atoms with van der Waals surface area (Å²) in [5.41, 5.74) is 1.17. The van der Waals surface area contributed by atoms with Crippen LogP contribution in [0.3, 0.4) is 0 Å². The Morgan fingerprint density at radius 3 is 2.47 bits per heavy atom. The smallest absolute Gasteiger partial charge is 0.308 e. The van der Waals surface area contributed by atoms with E-state index in [1.165, 1.54) is 17.3 Å². The van der Waals surface area contributed by atoms with Gasteiger partial charge in [0.25, 0.3) is 0 Å². The number of rotatable bonds is 7. The van der Waals surface area contributed by atoms with E-state index in [1.807, 2.05) is 37.3 Å². The maximum Gasteiger partial charge on any atom is 0.308 e. The summed E-state index contributed by atoms with van der Waals surface area (Å²) in [6, 6.07) is 9.93. The van der Waals surface area contributed by atoms with E-state index in [4.69, 9.17) is 5.11 Å². The van der Waals surface area contributed by atoms with Gasteiger partial charge in [0.1, 0.15) is 0 Å². The summed E-state index contributed by atoms with van der Waals surface area (Å²) in [5.74, 6) is -0.807. The maximum atomic E-state index is 11.8. The average molecular weight is 281 g/mol. The Morgan fingerprint density at radius 1 is 1.26 bits per heavy atom. The van der Waals surface area contributed by atoms with Crippen molar-refractivity contribution in [2.24, 2.45) is 5.92 Å². The van der Waals surface area contributed by atoms with E-state index < -0.39 is 11.9 Å². The molecule has 0 aliphatic rings. The summed E-state index contributed by atoms with van der Waals surface area (Å²) in [4.78, 5) is 22.4. The topological polar surface area (TPSA) is 66.4 Å². The lowest BCUT2D eigenvalue weighted by Gasteiger charge is -2.13. The number of aliphatic carboxylic acids is 1. The van der Waals surface area contributed by atoms with Crippen LogP contribution in [0, 0.1) is 5.92 Å². The van der Waals surface area contributed by atoms with Crippen LogP contribution < -0.4 is 5.32 Å². The Hall–Kier alpha value is -1.49. The van der Waals surface area contributed by atoms with Crippen LogP contribution in [0.2, 0.25) is 0 Å².